The number of thiazole rings is 1. The molecule has 0 saturated carbocycles. The Hall–Kier alpha value is -2.42. The van der Waals surface area contributed by atoms with Crippen molar-refractivity contribution < 1.29 is 9.72 Å². The number of aromatic nitrogens is 2. The molecule has 8 nitrogen and oxygen atoms in total. The first-order chi connectivity index (χ1) is 10.6. The summed E-state index contributed by atoms with van der Waals surface area (Å²) in [4.78, 5) is 33.5. The summed E-state index contributed by atoms with van der Waals surface area (Å²) in [5, 5.41) is 13.6. The van der Waals surface area contributed by atoms with Gasteiger partial charge in [-0.1, -0.05) is 0 Å². The summed E-state index contributed by atoms with van der Waals surface area (Å²) < 4.78 is 0. The summed E-state index contributed by atoms with van der Waals surface area (Å²) in [5.74, 6) is -0.200. The van der Waals surface area contributed by atoms with Gasteiger partial charge in [0, 0.05) is 43.8 Å². The van der Waals surface area contributed by atoms with Gasteiger partial charge in [-0.2, -0.15) is 0 Å². The molecule has 1 saturated heterocycles. The van der Waals surface area contributed by atoms with Crippen molar-refractivity contribution in [1.29, 1.82) is 0 Å². The second kappa shape index (κ2) is 6.14. The van der Waals surface area contributed by atoms with Gasteiger partial charge < -0.3 is 14.8 Å². The normalized spacial score (nSPS) is 15.6. The van der Waals surface area contributed by atoms with E-state index < -0.39 is 4.92 Å². The van der Waals surface area contributed by atoms with E-state index in [0.717, 1.165) is 18.1 Å². The molecule has 0 aromatic carbocycles. The molecule has 0 atom stereocenters. The first kappa shape index (κ1) is 14.5. The van der Waals surface area contributed by atoms with Gasteiger partial charge in [-0.15, -0.1) is 11.3 Å². The van der Waals surface area contributed by atoms with Crippen LogP contribution >= 0.6 is 11.3 Å². The first-order valence-corrected chi connectivity index (χ1v) is 7.79. The van der Waals surface area contributed by atoms with Crippen molar-refractivity contribution in [3.05, 3.63) is 39.6 Å². The first-order valence-electron chi connectivity index (χ1n) is 6.91. The number of hydrogen-bond acceptors (Lipinski definition) is 6. The minimum Gasteiger partial charge on any atom is -0.351 e. The van der Waals surface area contributed by atoms with Gasteiger partial charge >= 0.3 is 0 Å². The molecule has 2 aromatic heterocycles. The van der Waals surface area contributed by atoms with Crippen LogP contribution in [0.15, 0.2) is 23.8 Å². The van der Waals surface area contributed by atoms with Crippen LogP contribution in [0.4, 0.5) is 10.8 Å². The predicted molar refractivity (Wildman–Crippen MR) is 82.3 cm³/mol. The van der Waals surface area contributed by atoms with E-state index in [1.165, 1.54) is 12.3 Å². The minimum absolute atomic E-state index is 0.0948. The fourth-order valence-corrected chi connectivity index (χ4v) is 3.16. The SMILES string of the molecule is O=C(c1cc([N+](=O)[O-])c[nH]1)N1CCCN(c2nccs2)CC1. The van der Waals surface area contributed by atoms with Gasteiger partial charge in [0.1, 0.15) is 5.69 Å². The number of rotatable bonds is 3. The highest BCUT2D eigenvalue weighted by Crippen LogP contribution is 2.20. The lowest BCUT2D eigenvalue weighted by Crippen LogP contribution is -2.35. The molecule has 0 aliphatic carbocycles. The van der Waals surface area contributed by atoms with Crippen molar-refractivity contribution in [1.82, 2.24) is 14.9 Å². The highest BCUT2D eigenvalue weighted by atomic mass is 32.1. The summed E-state index contributed by atoms with van der Waals surface area (Å²) in [5.41, 5.74) is 0.164. The number of nitro groups is 1. The number of carbonyl (C=O) groups is 1. The fourth-order valence-electron chi connectivity index (χ4n) is 2.47. The molecule has 3 rings (SSSR count). The third-order valence-electron chi connectivity index (χ3n) is 3.58. The molecule has 1 N–H and O–H groups in total. The number of amides is 1. The maximum Gasteiger partial charge on any atom is 0.287 e. The smallest absolute Gasteiger partial charge is 0.287 e. The molecule has 3 heterocycles. The largest absolute Gasteiger partial charge is 0.351 e. The van der Waals surface area contributed by atoms with Crippen molar-refractivity contribution in [3.8, 4) is 0 Å². The van der Waals surface area contributed by atoms with Crippen LogP contribution in [0, 0.1) is 10.1 Å². The lowest BCUT2D eigenvalue weighted by atomic mass is 10.3. The lowest BCUT2D eigenvalue weighted by molar-refractivity contribution is -0.384. The Labute approximate surface area is 130 Å². The van der Waals surface area contributed by atoms with Crippen LogP contribution in [0.25, 0.3) is 0 Å². The van der Waals surface area contributed by atoms with Crippen molar-refractivity contribution in [2.75, 3.05) is 31.1 Å². The lowest BCUT2D eigenvalue weighted by Gasteiger charge is -2.21. The van der Waals surface area contributed by atoms with E-state index in [1.54, 1.807) is 22.4 Å². The molecular formula is C13H15N5O3S. The minimum atomic E-state index is -0.514. The number of hydrogen-bond donors (Lipinski definition) is 1. The molecule has 2 aromatic rings. The van der Waals surface area contributed by atoms with Crippen LogP contribution in [-0.2, 0) is 0 Å². The maximum absolute atomic E-state index is 12.4. The number of H-pyrrole nitrogens is 1. The maximum atomic E-state index is 12.4. The van der Waals surface area contributed by atoms with Gasteiger partial charge in [-0.3, -0.25) is 14.9 Å². The molecule has 0 spiro atoms. The predicted octanol–water partition coefficient (Wildman–Crippen LogP) is 1.73. The Morgan fingerprint density at radius 3 is 2.91 bits per heavy atom. The van der Waals surface area contributed by atoms with E-state index in [0.29, 0.717) is 19.6 Å². The quantitative estimate of drug-likeness (QED) is 0.686. The molecule has 9 heteroatoms. The average Bonchev–Trinajstić information content (AvgIpc) is 3.14. The zero-order chi connectivity index (χ0) is 15.5. The number of nitrogens with one attached hydrogen (secondary N) is 1. The second-order valence-electron chi connectivity index (χ2n) is 4.98. The van der Waals surface area contributed by atoms with Crippen LogP contribution in [0.1, 0.15) is 16.9 Å². The zero-order valence-electron chi connectivity index (χ0n) is 11.8. The van der Waals surface area contributed by atoms with Crippen molar-refractivity contribution in [3.63, 3.8) is 0 Å². The fraction of sp³-hybridized carbons (Fsp3) is 0.385. The molecule has 0 unspecified atom stereocenters. The number of aromatic amines is 1. The highest BCUT2D eigenvalue weighted by Gasteiger charge is 2.23. The summed E-state index contributed by atoms with van der Waals surface area (Å²) >= 11 is 1.58. The summed E-state index contributed by atoms with van der Waals surface area (Å²) in [6.07, 6.45) is 3.85. The Morgan fingerprint density at radius 1 is 1.36 bits per heavy atom. The van der Waals surface area contributed by atoms with Crippen LogP contribution < -0.4 is 4.90 Å². The van der Waals surface area contributed by atoms with Crippen molar-refractivity contribution in [2.45, 2.75) is 6.42 Å². The van der Waals surface area contributed by atoms with E-state index in [1.807, 2.05) is 5.38 Å². The van der Waals surface area contributed by atoms with Gasteiger partial charge in [-0.25, -0.2) is 4.98 Å². The van der Waals surface area contributed by atoms with Crippen LogP contribution in [-0.4, -0.2) is 51.9 Å². The Balaban J connectivity index is 1.67. The van der Waals surface area contributed by atoms with Crippen molar-refractivity contribution in [2.24, 2.45) is 0 Å². The Bertz CT molecular complexity index is 669. The molecule has 22 heavy (non-hydrogen) atoms. The van der Waals surface area contributed by atoms with Gasteiger partial charge in [0.25, 0.3) is 11.6 Å². The Morgan fingerprint density at radius 2 is 2.23 bits per heavy atom. The monoisotopic (exact) mass is 321 g/mol. The second-order valence-corrected chi connectivity index (χ2v) is 5.85. The molecule has 1 aliphatic rings. The molecule has 0 bridgehead atoms. The molecule has 0 radical (unpaired) electrons. The summed E-state index contributed by atoms with van der Waals surface area (Å²) in [6, 6.07) is 1.28. The van der Waals surface area contributed by atoms with Gasteiger partial charge in [0.2, 0.25) is 0 Å². The highest BCUT2D eigenvalue weighted by molar-refractivity contribution is 7.13. The molecule has 1 fully saturated rings. The summed E-state index contributed by atoms with van der Waals surface area (Å²) in [7, 11) is 0. The molecular weight excluding hydrogens is 306 g/mol. The topological polar surface area (TPSA) is 95.4 Å². The van der Waals surface area contributed by atoms with Crippen LogP contribution in [0.5, 0.6) is 0 Å². The zero-order valence-corrected chi connectivity index (χ0v) is 12.6. The van der Waals surface area contributed by atoms with E-state index in [4.69, 9.17) is 0 Å². The average molecular weight is 321 g/mol. The van der Waals surface area contributed by atoms with Gasteiger partial charge in [0.15, 0.2) is 5.13 Å². The van der Waals surface area contributed by atoms with Gasteiger partial charge in [-0.05, 0) is 6.42 Å². The van der Waals surface area contributed by atoms with E-state index in [9.17, 15) is 14.9 Å². The number of nitrogens with zero attached hydrogens (tertiary/aromatic N) is 4. The molecule has 1 aliphatic heterocycles. The molecule has 1 amide bonds. The number of anilines is 1. The van der Waals surface area contributed by atoms with Crippen LogP contribution in [0.3, 0.4) is 0 Å². The standard InChI is InChI=1S/C13H15N5O3S/c19-12(11-8-10(9-15-11)18(20)21)16-3-1-4-17(6-5-16)13-14-2-7-22-13/h2,7-9,15H,1,3-6H2. The Kier molecular flexibility index (Phi) is 4.05. The van der Waals surface area contributed by atoms with E-state index >= 15 is 0 Å². The van der Waals surface area contributed by atoms with Gasteiger partial charge in [0.05, 0.1) is 11.1 Å². The number of carbonyl (C=O) groups excluding carboxylic acids is 1. The van der Waals surface area contributed by atoms with E-state index in [-0.39, 0.29) is 17.3 Å². The van der Waals surface area contributed by atoms with Crippen molar-refractivity contribution >= 4 is 28.1 Å². The third-order valence-corrected chi connectivity index (χ3v) is 4.41. The van der Waals surface area contributed by atoms with E-state index in [2.05, 4.69) is 14.9 Å². The van der Waals surface area contributed by atoms with Crippen LogP contribution in [0.2, 0.25) is 0 Å². The molecule has 116 valence electrons. The third kappa shape index (κ3) is 2.93. The summed E-state index contributed by atoms with van der Waals surface area (Å²) in [6.45, 7) is 2.77.